The summed E-state index contributed by atoms with van der Waals surface area (Å²) in [5, 5.41) is 2.62. The van der Waals surface area contributed by atoms with Crippen molar-refractivity contribution in [3.8, 4) is 0 Å². The maximum atomic E-state index is 13.2. The van der Waals surface area contributed by atoms with Gasteiger partial charge in [0.05, 0.1) is 16.3 Å². The molecule has 4 nitrogen and oxygen atoms in total. The number of halogens is 4. The van der Waals surface area contributed by atoms with Crippen LogP contribution in [-0.4, -0.2) is 15.3 Å². The summed E-state index contributed by atoms with van der Waals surface area (Å²) in [6.45, 7) is 3.73. The minimum Gasteiger partial charge on any atom is -0.320 e. The molecule has 0 saturated heterocycles. The summed E-state index contributed by atoms with van der Waals surface area (Å²) in [5.41, 5.74) is 1.14. The normalized spacial score (nSPS) is 11.8. The summed E-state index contributed by atoms with van der Waals surface area (Å²) in [6, 6.07) is 8.08. The number of alkyl halides is 3. The molecule has 0 aliphatic rings. The van der Waals surface area contributed by atoms with Crippen molar-refractivity contribution in [2.75, 3.05) is 5.32 Å². The van der Waals surface area contributed by atoms with Crippen LogP contribution in [0.3, 0.4) is 0 Å². The van der Waals surface area contributed by atoms with Crippen LogP contribution in [0.1, 0.15) is 41.2 Å². The molecule has 1 N–H and O–H groups in total. The van der Waals surface area contributed by atoms with E-state index < -0.39 is 17.6 Å². The van der Waals surface area contributed by atoms with Crippen molar-refractivity contribution < 1.29 is 18.0 Å². The molecule has 1 aromatic carbocycles. The number of benzene rings is 1. The highest BCUT2D eigenvalue weighted by Crippen LogP contribution is 2.33. The first-order valence-electron chi connectivity index (χ1n) is 8.43. The predicted octanol–water partition coefficient (Wildman–Crippen LogP) is 5.38. The summed E-state index contributed by atoms with van der Waals surface area (Å²) in [6.07, 6.45) is -2.66. The highest BCUT2D eigenvalue weighted by atomic mass is 35.5. The summed E-state index contributed by atoms with van der Waals surface area (Å²) in [7, 11) is 0. The molecule has 2 aromatic heterocycles. The number of aryl methyl sites for hydroxylation is 2. The van der Waals surface area contributed by atoms with Crippen LogP contribution in [0, 0.1) is 0 Å². The Morgan fingerprint density at radius 2 is 1.93 bits per heavy atom. The van der Waals surface area contributed by atoms with Gasteiger partial charge in [0, 0.05) is 11.9 Å². The predicted molar refractivity (Wildman–Crippen MR) is 98.4 cm³/mol. The van der Waals surface area contributed by atoms with Gasteiger partial charge in [-0.2, -0.15) is 13.2 Å². The molecule has 0 atom stereocenters. The number of amides is 1. The fourth-order valence-electron chi connectivity index (χ4n) is 2.93. The van der Waals surface area contributed by atoms with E-state index in [0.717, 1.165) is 22.2 Å². The zero-order chi connectivity index (χ0) is 19.8. The van der Waals surface area contributed by atoms with Gasteiger partial charge in [-0.1, -0.05) is 43.6 Å². The van der Waals surface area contributed by atoms with Gasteiger partial charge in [-0.3, -0.25) is 9.20 Å². The first-order valence-corrected chi connectivity index (χ1v) is 8.81. The molecule has 1 amide bonds. The summed E-state index contributed by atoms with van der Waals surface area (Å²) in [4.78, 5) is 17.2. The third-order valence-corrected chi connectivity index (χ3v) is 4.55. The number of hydrogen-bond acceptors (Lipinski definition) is 2. The first-order chi connectivity index (χ1) is 12.8. The summed E-state index contributed by atoms with van der Waals surface area (Å²) in [5.74, 6) is -0.532. The molecule has 142 valence electrons. The molecular formula is C19H17ClF3N3O. The van der Waals surface area contributed by atoms with E-state index >= 15 is 0 Å². The number of para-hydroxylation sites is 1. The Balaban J connectivity index is 2.14. The first kappa shape index (κ1) is 19.2. The maximum absolute atomic E-state index is 13.2. The van der Waals surface area contributed by atoms with Crippen molar-refractivity contribution in [2.45, 2.75) is 32.9 Å². The van der Waals surface area contributed by atoms with Crippen molar-refractivity contribution in [2.24, 2.45) is 0 Å². The third kappa shape index (κ3) is 3.64. The number of aromatic nitrogens is 2. The molecule has 2 heterocycles. The van der Waals surface area contributed by atoms with Crippen LogP contribution in [0.4, 0.5) is 18.9 Å². The minimum absolute atomic E-state index is 0.0476. The van der Waals surface area contributed by atoms with Crippen molar-refractivity contribution >= 4 is 28.8 Å². The zero-order valence-electron chi connectivity index (χ0n) is 14.7. The van der Waals surface area contributed by atoms with Crippen LogP contribution in [0.15, 0.2) is 36.5 Å². The molecule has 0 spiro atoms. The smallest absolute Gasteiger partial charge is 0.320 e. The van der Waals surface area contributed by atoms with Crippen LogP contribution in [0.2, 0.25) is 5.02 Å². The lowest BCUT2D eigenvalue weighted by molar-refractivity contribution is -0.137. The Morgan fingerprint density at radius 3 is 2.56 bits per heavy atom. The van der Waals surface area contributed by atoms with E-state index in [0.29, 0.717) is 24.2 Å². The number of nitrogens with zero attached hydrogens (tertiary/aromatic N) is 2. The lowest BCUT2D eigenvalue weighted by Gasteiger charge is -2.12. The molecule has 0 aliphatic carbocycles. The number of carbonyl (C=O) groups excluding carboxylic acids is 1. The zero-order valence-corrected chi connectivity index (χ0v) is 15.4. The Hall–Kier alpha value is -2.54. The maximum Gasteiger partial charge on any atom is 0.417 e. The highest BCUT2D eigenvalue weighted by molar-refractivity contribution is 6.33. The van der Waals surface area contributed by atoms with Crippen molar-refractivity contribution in [1.82, 2.24) is 9.38 Å². The molecular weight excluding hydrogens is 379 g/mol. The highest BCUT2D eigenvalue weighted by Gasteiger charge is 2.33. The van der Waals surface area contributed by atoms with Gasteiger partial charge in [-0.25, -0.2) is 4.98 Å². The molecule has 3 rings (SSSR count). The quantitative estimate of drug-likeness (QED) is 0.644. The number of anilines is 1. The third-order valence-electron chi connectivity index (χ3n) is 4.27. The van der Waals surface area contributed by atoms with Gasteiger partial charge in [0.15, 0.2) is 5.65 Å². The van der Waals surface area contributed by atoms with Gasteiger partial charge in [-0.05, 0) is 30.5 Å². The number of rotatable bonds is 4. The van der Waals surface area contributed by atoms with E-state index in [1.54, 1.807) is 19.1 Å². The van der Waals surface area contributed by atoms with Crippen LogP contribution < -0.4 is 5.32 Å². The van der Waals surface area contributed by atoms with E-state index in [4.69, 9.17) is 11.6 Å². The second-order valence-corrected chi connectivity index (χ2v) is 6.40. The van der Waals surface area contributed by atoms with Crippen molar-refractivity contribution in [3.63, 3.8) is 0 Å². The average molecular weight is 396 g/mol. The van der Waals surface area contributed by atoms with Crippen LogP contribution in [0.5, 0.6) is 0 Å². The van der Waals surface area contributed by atoms with E-state index in [1.807, 2.05) is 19.1 Å². The monoisotopic (exact) mass is 395 g/mol. The molecule has 0 radical (unpaired) electrons. The Labute approximate surface area is 159 Å². The largest absolute Gasteiger partial charge is 0.417 e. The number of pyridine rings is 1. The molecule has 0 bridgehead atoms. The van der Waals surface area contributed by atoms with Gasteiger partial charge in [0.1, 0.15) is 5.69 Å². The van der Waals surface area contributed by atoms with Crippen molar-refractivity contribution in [1.29, 1.82) is 0 Å². The molecule has 0 unspecified atom stereocenters. The van der Waals surface area contributed by atoms with Gasteiger partial charge >= 0.3 is 6.18 Å². The molecule has 0 aliphatic heterocycles. The fourth-order valence-corrected chi connectivity index (χ4v) is 3.18. The fraction of sp³-hybridized carbons (Fsp3) is 0.263. The van der Waals surface area contributed by atoms with Gasteiger partial charge in [0.2, 0.25) is 0 Å². The molecule has 0 saturated carbocycles. The summed E-state index contributed by atoms with van der Waals surface area (Å²) < 4.78 is 40.6. The Bertz CT molecular complexity index is 1010. The number of imidazole rings is 1. The van der Waals surface area contributed by atoms with E-state index in [9.17, 15) is 18.0 Å². The lowest BCUT2D eigenvalue weighted by atomic mass is 10.1. The van der Waals surface area contributed by atoms with Crippen LogP contribution in [0.25, 0.3) is 5.65 Å². The molecule has 27 heavy (non-hydrogen) atoms. The standard InChI is InChI=1S/C19H17ClF3N3O/c1-3-11-7-5-6-8-15(11)25-18(27)16-14(4-2)24-17-13(20)9-12(10-26(16)17)19(21,22)23/h5-10H,3-4H2,1-2H3,(H,25,27). The SMILES string of the molecule is CCc1ccccc1NC(=O)c1c(CC)nc2c(Cl)cc(C(F)(F)F)cn12. The molecule has 0 fully saturated rings. The number of carbonyl (C=O) groups is 1. The van der Waals surface area contributed by atoms with Gasteiger partial charge < -0.3 is 5.32 Å². The lowest BCUT2D eigenvalue weighted by Crippen LogP contribution is -2.18. The van der Waals surface area contributed by atoms with E-state index in [-0.39, 0.29) is 16.4 Å². The second kappa shape index (κ2) is 7.23. The van der Waals surface area contributed by atoms with Crippen molar-refractivity contribution in [3.05, 3.63) is 64.1 Å². The number of nitrogens with one attached hydrogen (secondary N) is 1. The van der Waals surface area contributed by atoms with Gasteiger partial charge in [0.25, 0.3) is 5.91 Å². The average Bonchev–Trinajstić information content (AvgIpc) is 3.00. The van der Waals surface area contributed by atoms with Gasteiger partial charge in [-0.15, -0.1) is 0 Å². The van der Waals surface area contributed by atoms with E-state index in [1.165, 1.54) is 0 Å². The van der Waals surface area contributed by atoms with E-state index in [2.05, 4.69) is 10.3 Å². The number of hydrogen-bond donors (Lipinski definition) is 1. The number of fused-ring (bicyclic) bond motifs is 1. The minimum atomic E-state index is -4.59. The van der Waals surface area contributed by atoms with Crippen LogP contribution >= 0.6 is 11.6 Å². The molecule has 3 aromatic rings. The summed E-state index contributed by atoms with van der Waals surface area (Å²) >= 11 is 6.01. The molecule has 8 heteroatoms. The second-order valence-electron chi connectivity index (χ2n) is 5.99. The Kier molecular flexibility index (Phi) is 5.15. The van der Waals surface area contributed by atoms with Crippen LogP contribution in [-0.2, 0) is 19.0 Å². The topological polar surface area (TPSA) is 46.4 Å². The Morgan fingerprint density at radius 1 is 1.22 bits per heavy atom.